The fourth-order valence-electron chi connectivity index (χ4n) is 2.95. The third-order valence-electron chi connectivity index (χ3n) is 4.31. The second kappa shape index (κ2) is 8.57. The fraction of sp³-hybridized carbons (Fsp3) is 0.238. The predicted octanol–water partition coefficient (Wildman–Crippen LogP) is 6.08. The molecule has 0 aromatic heterocycles. The van der Waals surface area contributed by atoms with Gasteiger partial charge in [0.1, 0.15) is 5.75 Å². The molecule has 3 rings (SSSR count). The number of aliphatic hydroxyl groups is 1. The first-order valence-corrected chi connectivity index (χ1v) is 9.10. The standard InChI is InChI=1S/C21H20Cl2O2/c22-18-8-10-20(21(23)13-18)17(14-24)6-3-11-25-19-9-7-15-4-1-2-5-16(15)12-19/h1-2,4-5,7-10,12-13,17,24H,3,6,11,14H2. The summed E-state index contributed by atoms with van der Waals surface area (Å²) in [5.74, 6) is 0.855. The van der Waals surface area contributed by atoms with Gasteiger partial charge in [-0.05, 0) is 53.4 Å². The van der Waals surface area contributed by atoms with E-state index in [4.69, 9.17) is 27.9 Å². The zero-order valence-corrected chi connectivity index (χ0v) is 15.3. The van der Waals surface area contributed by atoms with Gasteiger partial charge in [-0.15, -0.1) is 0 Å². The van der Waals surface area contributed by atoms with Crippen molar-refractivity contribution in [2.75, 3.05) is 13.2 Å². The summed E-state index contributed by atoms with van der Waals surface area (Å²) in [6.07, 6.45) is 1.63. The lowest BCUT2D eigenvalue weighted by atomic mass is 9.95. The molecule has 2 nitrogen and oxygen atoms in total. The van der Waals surface area contributed by atoms with Crippen LogP contribution in [0.4, 0.5) is 0 Å². The number of ether oxygens (including phenoxy) is 1. The first-order valence-electron chi connectivity index (χ1n) is 8.35. The number of rotatable bonds is 7. The van der Waals surface area contributed by atoms with E-state index in [0.717, 1.165) is 24.2 Å². The van der Waals surface area contributed by atoms with Crippen molar-refractivity contribution in [2.45, 2.75) is 18.8 Å². The van der Waals surface area contributed by atoms with E-state index in [1.54, 1.807) is 12.1 Å². The van der Waals surface area contributed by atoms with E-state index in [9.17, 15) is 5.11 Å². The second-order valence-electron chi connectivity index (χ2n) is 6.04. The Hall–Kier alpha value is -1.74. The van der Waals surface area contributed by atoms with Crippen molar-refractivity contribution in [3.63, 3.8) is 0 Å². The second-order valence-corrected chi connectivity index (χ2v) is 6.89. The molecule has 0 amide bonds. The molecule has 0 fully saturated rings. The molecule has 0 bridgehead atoms. The summed E-state index contributed by atoms with van der Waals surface area (Å²) in [6.45, 7) is 0.650. The Morgan fingerprint density at radius 1 is 0.920 bits per heavy atom. The van der Waals surface area contributed by atoms with Crippen molar-refractivity contribution < 1.29 is 9.84 Å². The van der Waals surface area contributed by atoms with Gasteiger partial charge in [-0.1, -0.05) is 59.6 Å². The van der Waals surface area contributed by atoms with Gasteiger partial charge in [-0.25, -0.2) is 0 Å². The van der Waals surface area contributed by atoms with Crippen molar-refractivity contribution in [3.05, 3.63) is 76.3 Å². The topological polar surface area (TPSA) is 29.5 Å². The van der Waals surface area contributed by atoms with Gasteiger partial charge in [0.2, 0.25) is 0 Å². The van der Waals surface area contributed by atoms with E-state index in [1.165, 1.54) is 10.8 Å². The minimum Gasteiger partial charge on any atom is -0.494 e. The lowest BCUT2D eigenvalue weighted by molar-refractivity contribution is 0.243. The van der Waals surface area contributed by atoms with E-state index < -0.39 is 0 Å². The average Bonchev–Trinajstić information content (AvgIpc) is 2.62. The normalized spacial score (nSPS) is 12.3. The molecule has 25 heavy (non-hydrogen) atoms. The molecule has 0 saturated heterocycles. The molecule has 0 radical (unpaired) electrons. The molecular weight excluding hydrogens is 355 g/mol. The number of fused-ring (bicyclic) bond motifs is 1. The van der Waals surface area contributed by atoms with Crippen molar-refractivity contribution in [1.29, 1.82) is 0 Å². The number of hydrogen-bond donors (Lipinski definition) is 1. The van der Waals surface area contributed by atoms with Crippen LogP contribution in [0.5, 0.6) is 5.75 Å². The van der Waals surface area contributed by atoms with Crippen LogP contribution in [0, 0.1) is 0 Å². The maximum atomic E-state index is 9.68. The van der Waals surface area contributed by atoms with Crippen LogP contribution in [-0.2, 0) is 0 Å². The van der Waals surface area contributed by atoms with Crippen LogP contribution in [0.1, 0.15) is 24.3 Å². The molecule has 130 valence electrons. The van der Waals surface area contributed by atoms with Crippen molar-refractivity contribution in [1.82, 2.24) is 0 Å². The molecule has 1 unspecified atom stereocenters. The largest absolute Gasteiger partial charge is 0.494 e. The molecule has 1 atom stereocenters. The molecular formula is C21H20Cl2O2. The number of benzene rings is 3. The van der Waals surface area contributed by atoms with Gasteiger partial charge in [0.25, 0.3) is 0 Å². The van der Waals surface area contributed by atoms with Gasteiger partial charge in [0.15, 0.2) is 0 Å². The van der Waals surface area contributed by atoms with E-state index in [0.29, 0.717) is 16.7 Å². The highest BCUT2D eigenvalue weighted by molar-refractivity contribution is 6.35. The van der Waals surface area contributed by atoms with E-state index >= 15 is 0 Å². The van der Waals surface area contributed by atoms with Gasteiger partial charge in [-0.3, -0.25) is 0 Å². The number of halogens is 2. The Morgan fingerprint density at radius 2 is 1.72 bits per heavy atom. The van der Waals surface area contributed by atoms with Gasteiger partial charge >= 0.3 is 0 Å². The Kier molecular flexibility index (Phi) is 6.19. The number of hydrogen-bond acceptors (Lipinski definition) is 2. The summed E-state index contributed by atoms with van der Waals surface area (Å²) in [5.41, 5.74) is 0.930. The van der Waals surface area contributed by atoms with E-state index in [-0.39, 0.29) is 12.5 Å². The first kappa shape index (κ1) is 18.1. The van der Waals surface area contributed by atoms with Gasteiger partial charge in [-0.2, -0.15) is 0 Å². The number of aliphatic hydroxyl groups excluding tert-OH is 1. The Bertz CT molecular complexity index is 848. The zero-order chi connectivity index (χ0) is 17.6. The van der Waals surface area contributed by atoms with Crippen molar-refractivity contribution >= 4 is 34.0 Å². The Morgan fingerprint density at radius 3 is 2.48 bits per heavy atom. The minimum absolute atomic E-state index is 0.00929. The molecule has 0 spiro atoms. The van der Waals surface area contributed by atoms with Crippen molar-refractivity contribution in [2.24, 2.45) is 0 Å². The monoisotopic (exact) mass is 374 g/mol. The summed E-state index contributed by atoms with van der Waals surface area (Å²) in [7, 11) is 0. The highest BCUT2D eigenvalue weighted by Crippen LogP contribution is 2.30. The van der Waals surface area contributed by atoms with Gasteiger partial charge in [0.05, 0.1) is 6.61 Å². The molecule has 0 aliphatic rings. The summed E-state index contributed by atoms with van der Waals surface area (Å²) in [4.78, 5) is 0. The maximum Gasteiger partial charge on any atom is 0.119 e. The third-order valence-corrected chi connectivity index (χ3v) is 4.87. The Labute approximate surface area is 158 Å². The first-order chi connectivity index (χ1) is 12.2. The van der Waals surface area contributed by atoms with E-state index in [2.05, 4.69) is 24.3 Å². The van der Waals surface area contributed by atoms with E-state index in [1.807, 2.05) is 24.3 Å². The molecule has 3 aromatic rings. The minimum atomic E-state index is -0.00929. The molecule has 0 saturated carbocycles. The van der Waals surface area contributed by atoms with Crippen LogP contribution in [0.2, 0.25) is 10.0 Å². The smallest absolute Gasteiger partial charge is 0.119 e. The molecule has 1 N–H and O–H groups in total. The summed E-state index contributed by atoms with van der Waals surface area (Å²) in [5, 5.41) is 13.2. The molecule has 0 aliphatic carbocycles. The highest BCUT2D eigenvalue weighted by Gasteiger charge is 2.14. The van der Waals surface area contributed by atoms with Crippen LogP contribution in [0.3, 0.4) is 0 Å². The molecule has 3 aromatic carbocycles. The van der Waals surface area contributed by atoms with Crippen LogP contribution >= 0.6 is 23.2 Å². The summed E-state index contributed by atoms with van der Waals surface area (Å²) < 4.78 is 5.86. The highest BCUT2D eigenvalue weighted by atomic mass is 35.5. The van der Waals surface area contributed by atoms with Crippen molar-refractivity contribution in [3.8, 4) is 5.75 Å². The SMILES string of the molecule is OCC(CCCOc1ccc2ccccc2c1)c1ccc(Cl)cc1Cl. The third kappa shape index (κ3) is 4.66. The summed E-state index contributed by atoms with van der Waals surface area (Å²) >= 11 is 12.2. The molecule has 0 heterocycles. The van der Waals surface area contributed by atoms with Gasteiger partial charge < -0.3 is 9.84 Å². The average molecular weight is 375 g/mol. The molecule has 4 heteroatoms. The van der Waals surface area contributed by atoms with Crippen LogP contribution in [-0.4, -0.2) is 18.3 Å². The lowest BCUT2D eigenvalue weighted by Gasteiger charge is -2.16. The maximum absolute atomic E-state index is 9.68. The predicted molar refractivity (Wildman–Crippen MR) is 105 cm³/mol. The quantitative estimate of drug-likeness (QED) is 0.507. The summed E-state index contributed by atoms with van der Waals surface area (Å²) in [6, 6.07) is 19.7. The zero-order valence-electron chi connectivity index (χ0n) is 13.8. The van der Waals surface area contributed by atoms with Gasteiger partial charge in [0, 0.05) is 22.6 Å². The van der Waals surface area contributed by atoms with Crippen LogP contribution in [0.15, 0.2) is 60.7 Å². The van der Waals surface area contributed by atoms with Crippen LogP contribution < -0.4 is 4.74 Å². The molecule has 0 aliphatic heterocycles. The Balaban J connectivity index is 1.55. The fourth-order valence-corrected chi connectivity index (χ4v) is 3.52. The lowest BCUT2D eigenvalue weighted by Crippen LogP contribution is -2.07. The van der Waals surface area contributed by atoms with Crippen LogP contribution in [0.25, 0.3) is 10.8 Å².